The van der Waals surface area contributed by atoms with E-state index >= 15 is 0 Å². The quantitative estimate of drug-likeness (QED) is 0.319. The van der Waals surface area contributed by atoms with E-state index in [0.717, 1.165) is 6.07 Å². The minimum atomic E-state index is -0.933. The lowest BCUT2D eigenvalue weighted by Gasteiger charge is -2.35. The van der Waals surface area contributed by atoms with Crippen LogP contribution in [0.15, 0.2) is 33.2 Å². The molecule has 0 saturated carbocycles. The van der Waals surface area contributed by atoms with Gasteiger partial charge in [0.2, 0.25) is 0 Å². The lowest BCUT2D eigenvalue weighted by atomic mass is 9.73. The highest BCUT2D eigenvalue weighted by Crippen LogP contribution is 2.40. The van der Waals surface area contributed by atoms with Gasteiger partial charge in [0.25, 0.3) is 0 Å². The van der Waals surface area contributed by atoms with Crippen LogP contribution in [0.3, 0.4) is 0 Å². The Morgan fingerprint density at radius 3 is 2.20 bits per heavy atom. The molecule has 0 N–H and O–H groups in total. The second-order valence-corrected chi connectivity index (χ2v) is 8.31. The number of hydrogen-bond acceptors (Lipinski definition) is 3. The van der Waals surface area contributed by atoms with Crippen LogP contribution >= 0.6 is 31.9 Å². The third kappa shape index (κ3) is 5.21. The van der Waals surface area contributed by atoms with Gasteiger partial charge in [0.15, 0.2) is 0 Å². The van der Waals surface area contributed by atoms with Crippen LogP contribution in [-0.4, -0.2) is 12.7 Å². The molecule has 1 saturated heterocycles. The molecule has 3 rings (SSSR count). The molecule has 3 nitrogen and oxygen atoms in total. The molecule has 158 valence electrons. The number of nitrogens with zero attached hydrogens (tertiary/aromatic N) is 2. The van der Waals surface area contributed by atoms with E-state index in [1.54, 1.807) is 6.07 Å². The van der Waals surface area contributed by atoms with E-state index in [9.17, 15) is 22.8 Å². The standard InChI is InChI=1S/C13H12BrF2NO.C8H4BrF2N/c1-8-6-13(7-17,4-5-18-8)9-2-3-10(15)11(14)12(9)16;9-7-6(10)2-1-5(3-4-12)8(7)11/h2-3,8H,4-6H2,1H3;1-2H,3H2/t8-,13-;/m0./s1. The minimum absolute atomic E-state index is 0.0509. The lowest BCUT2D eigenvalue weighted by molar-refractivity contribution is 0.00279. The van der Waals surface area contributed by atoms with E-state index in [0.29, 0.717) is 19.4 Å². The average molecular weight is 548 g/mol. The third-order valence-corrected chi connectivity index (χ3v) is 6.17. The van der Waals surface area contributed by atoms with E-state index in [2.05, 4.69) is 37.9 Å². The Kier molecular flexibility index (Phi) is 8.42. The van der Waals surface area contributed by atoms with E-state index in [-0.39, 0.29) is 32.6 Å². The number of benzene rings is 2. The normalized spacial score (nSPS) is 20.5. The molecule has 0 bridgehead atoms. The highest BCUT2D eigenvalue weighted by molar-refractivity contribution is 9.10. The van der Waals surface area contributed by atoms with Crippen LogP contribution in [0.4, 0.5) is 17.6 Å². The largest absolute Gasteiger partial charge is 0.378 e. The molecule has 0 radical (unpaired) electrons. The number of rotatable bonds is 2. The average Bonchev–Trinajstić information content (AvgIpc) is 2.73. The fourth-order valence-corrected chi connectivity index (χ4v) is 3.91. The molecule has 0 aromatic heterocycles. The van der Waals surface area contributed by atoms with Crippen molar-refractivity contribution in [1.82, 2.24) is 0 Å². The van der Waals surface area contributed by atoms with Crippen LogP contribution < -0.4 is 0 Å². The highest BCUT2D eigenvalue weighted by atomic mass is 79.9. The summed E-state index contributed by atoms with van der Waals surface area (Å²) in [5, 5.41) is 17.7. The summed E-state index contributed by atoms with van der Waals surface area (Å²) in [5.41, 5.74) is -0.489. The first-order chi connectivity index (χ1) is 14.2. The van der Waals surface area contributed by atoms with Crippen molar-refractivity contribution in [3.05, 3.63) is 67.6 Å². The van der Waals surface area contributed by atoms with E-state index in [4.69, 9.17) is 10.00 Å². The Balaban J connectivity index is 0.000000232. The van der Waals surface area contributed by atoms with Crippen LogP contribution in [0.1, 0.15) is 30.9 Å². The molecule has 2 aromatic rings. The predicted molar refractivity (Wildman–Crippen MR) is 109 cm³/mol. The molecular formula is C21H16Br2F4N2O. The predicted octanol–water partition coefficient (Wildman–Crippen LogP) is 6.48. The molecule has 1 heterocycles. The molecule has 2 aromatic carbocycles. The maximum absolute atomic E-state index is 14.1. The fourth-order valence-electron chi connectivity index (χ4n) is 3.18. The van der Waals surface area contributed by atoms with E-state index in [1.807, 2.05) is 6.92 Å². The van der Waals surface area contributed by atoms with Crippen LogP contribution in [0.5, 0.6) is 0 Å². The molecule has 1 fully saturated rings. The Bertz CT molecular complexity index is 1020. The maximum atomic E-state index is 14.1. The summed E-state index contributed by atoms with van der Waals surface area (Å²) in [6.45, 7) is 2.25. The van der Waals surface area contributed by atoms with Gasteiger partial charge in [-0.3, -0.25) is 0 Å². The van der Waals surface area contributed by atoms with Crippen LogP contribution in [-0.2, 0) is 16.6 Å². The molecule has 0 unspecified atom stereocenters. The van der Waals surface area contributed by atoms with Crippen LogP contribution in [0.25, 0.3) is 0 Å². The van der Waals surface area contributed by atoms with Gasteiger partial charge in [-0.25, -0.2) is 17.6 Å². The summed E-state index contributed by atoms with van der Waals surface area (Å²) in [7, 11) is 0. The van der Waals surface area contributed by atoms with Gasteiger partial charge in [0, 0.05) is 17.7 Å². The molecular weight excluding hydrogens is 532 g/mol. The van der Waals surface area contributed by atoms with E-state index in [1.165, 1.54) is 18.2 Å². The van der Waals surface area contributed by atoms with Gasteiger partial charge in [-0.05, 0) is 63.8 Å². The first-order valence-corrected chi connectivity index (χ1v) is 10.4. The van der Waals surface area contributed by atoms with Gasteiger partial charge in [0.05, 0.1) is 39.0 Å². The Morgan fingerprint density at radius 1 is 1.03 bits per heavy atom. The Morgan fingerprint density at radius 2 is 1.63 bits per heavy atom. The Hall–Kier alpha value is -1.94. The molecule has 1 aliphatic rings. The number of ether oxygens (including phenoxy) is 1. The van der Waals surface area contributed by atoms with Crippen molar-refractivity contribution in [2.45, 2.75) is 37.7 Å². The topological polar surface area (TPSA) is 56.8 Å². The summed E-state index contributed by atoms with van der Waals surface area (Å²) in [5.74, 6) is -2.71. The summed E-state index contributed by atoms with van der Waals surface area (Å²) < 4.78 is 58.0. The van der Waals surface area contributed by atoms with Crippen molar-refractivity contribution in [3.8, 4) is 12.1 Å². The van der Waals surface area contributed by atoms with Crippen molar-refractivity contribution in [2.24, 2.45) is 0 Å². The highest BCUT2D eigenvalue weighted by Gasteiger charge is 2.40. The second-order valence-electron chi connectivity index (χ2n) is 6.72. The van der Waals surface area contributed by atoms with Gasteiger partial charge < -0.3 is 4.74 Å². The summed E-state index contributed by atoms with van der Waals surface area (Å²) in [4.78, 5) is 0. The monoisotopic (exact) mass is 546 g/mol. The van der Waals surface area contributed by atoms with Crippen molar-refractivity contribution in [1.29, 1.82) is 10.5 Å². The lowest BCUT2D eigenvalue weighted by Crippen LogP contribution is -2.37. The van der Waals surface area contributed by atoms with Crippen molar-refractivity contribution in [3.63, 3.8) is 0 Å². The number of nitriles is 2. The van der Waals surface area contributed by atoms with E-state index < -0.39 is 28.7 Å². The molecule has 2 atom stereocenters. The van der Waals surface area contributed by atoms with Crippen LogP contribution in [0, 0.1) is 45.9 Å². The first kappa shape index (κ1) is 24.3. The smallest absolute Gasteiger partial charge is 0.145 e. The third-order valence-electron chi connectivity index (χ3n) is 4.72. The van der Waals surface area contributed by atoms with Gasteiger partial charge in [0.1, 0.15) is 23.3 Å². The van der Waals surface area contributed by atoms with Crippen molar-refractivity contribution in [2.75, 3.05) is 6.61 Å². The molecule has 0 spiro atoms. The molecule has 30 heavy (non-hydrogen) atoms. The minimum Gasteiger partial charge on any atom is -0.378 e. The molecule has 1 aliphatic heterocycles. The molecule has 9 heteroatoms. The van der Waals surface area contributed by atoms with Gasteiger partial charge in [-0.2, -0.15) is 10.5 Å². The SMILES string of the molecule is C[C@H]1C[C@@](C#N)(c2ccc(F)c(Br)c2F)CCO1.N#CCc1ccc(F)c(Br)c1F. The zero-order valence-corrected chi connectivity index (χ0v) is 19.0. The Labute approximate surface area is 188 Å². The van der Waals surface area contributed by atoms with Crippen molar-refractivity contribution < 1.29 is 22.3 Å². The fraction of sp³-hybridized carbons (Fsp3) is 0.333. The zero-order valence-electron chi connectivity index (χ0n) is 15.8. The summed E-state index contributed by atoms with van der Waals surface area (Å²) in [6.07, 6.45) is 0.674. The second kappa shape index (κ2) is 10.4. The van der Waals surface area contributed by atoms with Crippen LogP contribution in [0.2, 0.25) is 0 Å². The number of hydrogen-bond donors (Lipinski definition) is 0. The van der Waals surface area contributed by atoms with Gasteiger partial charge in [-0.15, -0.1) is 0 Å². The summed E-state index contributed by atoms with van der Waals surface area (Å²) >= 11 is 5.61. The summed E-state index contributed by atoms with van der Waals surface area (Å²) in [6, 6.07) is 8.90. The van der Waals surface area contributed by atoms with Gasteiger partial charge >= 0.3 is 0 Å². The maximum Gasteiger partial charge on any atom is 0.145 e. The zero-order chi connectivity index (χ0) is 22.5. The van der Waals surface area contributed by atoms with Crippen molar-refractivity contribution >= 4 is 31.9 Å². The number of halogens is 6. The molecule has 0 amide bonds. The molecule has 0 aliphatic carbocycles. The first-order valence-electron chi connectivity index (χ1n) is 8.83. The van der Waals surface area contributed by atoms with Gasteiger partial charge in [-0.1, -0.05) is 12.1 Å².